The van der Waals surface area contributed by atoms with Crippen molar-refractivity contribution >= 4 is 11.0 Å². The van der Waals surface area contributed by atoms with Crippen LogP contribution >= 0.6 is 0 Å². The molecule has 2 aromatic carbocycles. The first-order chi connectivity index (χ1) is 19.9. The van der Waals surface area contributed by atoms with Gasteiger partial charge in [-0.2, -0.15) is 0 Å². The highest BCUT2D eigenvalue weighted by Gasteiger charge is 2.47. The minimum atomic E-state index is -1.92. The van der Waals surface area contributed by atoms with E-state index in [1.54, 1.807) is 0 Å². The van der Waals surface area contributed by atoms with Gasteiger partial charge in [-0.3, -0.25) is 4.79 Å². The summed E-state index contributed by atoms with van der Waals surface area (Å²) in [6, 6.07) is 7.33. The Bertz CT molecular complexity index is 1470. The molecule has 228 valence electrons. The zero-order valence-electron chi connectivity index (χ0n) is 21.9. The lowest BCUT2D eigenvalue weighted by Crippen LogP contribution is -2.61. The van der Waals surface area contributed by atoms with Crippen LogP contribution in [0.4, 0.5) is 0 Å². The molecule has 15 nitrogen and oxygen atoms in total. The summed E-state index contributed by atoms with van der Waals surface area (Å²) < 4.78 is 28.0. The number of aliphatic hydroxyl groups is 6. The number of hydrogen-bond donors (Lipinski definition) is 9. The van der Waals surface area contributed by atoms with Crippen LogP contribution in [-0.2, 0) is 14.2 Å². The number of ether oxygens (including phenoxy) is 4. The lowest BCUT2D eigenvalue weighted by atomic mass is 9.98. The van der Waals surface area contributed by atoms with Crippen LogP contribution in [0.25, 0.3) is 22.3 Å². The van der Waals surface area contributed by atoms with Crippen molar-refractivity contribution in [2.75, 3.05) is 6.61 Å². The summed E-state index contributed by atoms with van der Waals surface area (Å²) in [5.74, 6) is -1.97. The fraction of sp³-hybridized carbons (Fsp3) is 0.444. The topological polar surface area (TPSA) is 249 Å². The molecule has 0 spiro atoms. The first-order valence-electron chi connectivity index (χ1n) is 12.9. The molecule has 0 bridgehead atoms. The molecule has 3 heterocycles. The molecule has 0 saturated carbocycles. The third-order valence-electron chi connectivity index (χ3n) is 7.18. The van der Waals surface area contributed by atoms with Gasteiger partial charge in [0.15, 0.2) is 12.1 Å². The average molecular weight is 595 g/mol. The van der Waals surface area contributed by atoms with Gasteiger partial charge < -0.3 is 69.3 Å². The lowest BCUT2D eigenvalue weighted by Gasteiger charge is -2.42. The number of fused-ring (bicyclic) bond motifs is 1. The SMILES string of the molecule is C[C@@H]1O[C@@H](OC[C@@H]2O[C@H](Oc3c(-c4ccc(O)cc4)oc4cc(O)cc(O)c4c3=O)[C@@H](O)[C@H](O)[C@@H]2O)[C@H](O)[C@H](O)[C@H]1O. The molecule has 2 aliphatic heterocycles. The van der Waals surface area contributed by atoms with Crippen molar-refractivity contribution in [1.29, 1.82) is 0 Å². The molecule has 0 radical (unpaired) electrons. The highest BCUT2D eigenvalue weighted by Crippen LogP contribution is 2.37. The van der Waals surface area contributed by atoms with E-state index in [1.807, 2.05) is 0 Å². The molecule has 2 aliphatic rings. The average Bonchev–Trinajstić information content (AvgIpc) is 2.95. The third kappa shape index (κ3) is 5.49. The van der Waals surface area contributed by atoms with Gasteiger partial charge in [0.1, 0.15) is 70.9 Å². The highest BCUT2D eigenvalue weighted by atomic mass is 16.7. The van der Waals surface area contributed by atoms with E-state index in [9.17, 15) is 50.8 Å². The van der Waals surface area contributed by atoms with Crippen LogP contribution < -0.4 is 10.2 Å². The molecule has 15 heteroatoms. The van der Waals surface area contributed by atoms with E-state index < -0.39 is 90.7 Å². The van der Waals surface area contributed by atoms with Crippen molar-refractivity contribution in [3.8, 4) is 34.3 Å². The zero-order valence-corrected chi connectivity index (χ0v) is 21.9. The Hall–Kier alpha value is -3.51. The normalized spacial score (nSPS) is 33.5. The highest BCUT2D eigenvalue weighted by molar-refractivity contribution is 5.88. The smallest absolute Gasteiger partial charge is 0.239 e. The van der Waals surface area contributed by atoms with Crippen LogP contribution in [0.15, 0.2) is 45.6 Å². The van der Waals surface area contributed by atoms with Crippen molar-refractivity contribution in [2.24, 2.45) is 0 Å². The lowest BCUT2D eigenvalue weighted by molar-refractivity contribution is -0.318. The summed E-state index contributed by atoms with van der Waals surface area (Å²) in [6.45, 7) is 0.866. The van der Waals surface area contributed by atoms with Gasteiger partial charge >= 0.3 is 0 Å². The maximum Gasteiger partial charge on any atom is 0.239 e. The molecule has 5 rings (SSSR count). The Labute approximate surface area is 236 Å². The van der Waals surface area contributed by atoms with E-state index >= 15 is 0 Å². The van der Waals surface area contributed by atoms with Gasteiger partial charge in [-0.1, -0.05) is 0 Å². The molecule has 0 unspecified atom stereocenters. The van der Waals surface area contributed by atoms with E-state index in [2.05, 4.69) is 0 Å². The zero-order chi connectivity index (χ0) is 30.5. The maximum atomic E-state index is 13.5. The van der Waals surface area contributed by atoms with Crippen molar-refractivity contribution in [2.45, 2.75) is 68.3 Å². The van der Waals surface area contributed by atoms with Crippen molar-refractivity contribution in [3.05, 3.63) is 46.6 Å². The van der Waals surface area contributed by atoms with Gasteiger partial charge in [-0.15, -0.1) is 0 Å². The molecular formula is C27H30O15. The molecule has 10 atom stereocenters. The predicted molar refractivity (Wildman–Crippen MR) is 139 cm³/mol. The van der Waals surface area contributed by atoms with E-state index in [0.717, 1.165) is 12.1 Å². The number of phenolic OH excluding ortho intramolecular Hbond substituents is 3. The second kappa shape index (κ2) is 11.6. The van der Waals surface area contributed by atoms with Gasteiger partial charge in [0, 0.05) is 17.7 Å². The van der Waals surface area contributed by atoms with Crippen LogP contribution in [0.3, 0.4) is 0 Å². The van der Waals surface area contributed by atoms with Gasteiger partial charge in [0.25, 0.3) is 0 Å². The number of aliphatic hydroxyl groups excluding tert-OH is 6. The van der Waals surface area contributed by atoms with Crippen LogP contribution in [0.1, 0.15) is 6.92 Å². The number of hydrogen-bond acceptors (Lipinski definition) is 15. The fourth-order valence-corrected chi connectivity index (χ4v) is 4.79. The minimum Gasteiger partial charge on any atom is -0.508 e. The van der Waals surface area contributed by atoms with Gasteiger partial charge in [0.05, 0.1) is 12.7 Å². The van der Waals surface area contributed by atoms with Crippen molar-refractivity contribution in [3.63, 3.8) is 0 Å². The van der Waals surface area contributed by atoms with Gasteiger partial charge in [-0.25, -0.2) is 0 Å². The summed E-state index contributed by atoms with van der Waals surface area (Å²) in [6.07, 6.45) is -15.8. The first kappa shape index (κ1) is 30.0. The molecule has 9 N–H and O–H groups in total. The first-order valence-corrected chi connectivity index (χ1v) is 12.9. The van der Waals surface area contributed by atoms with E-state index in [1.165, 1.54) is 31.2 Å². The second-order valence-corrected chi connectivity index (χ2v) is 10.1. The van der Waals surface area contributed by atoms with Crippen molar-refractivity contribution in [1.82, 2.24) is 0 Å². The molecule has 0 amide bonds. The van der Waals surface area contributed by atoms with E-state index in [0.29, 0.717) is 0 Å². The predicted octanol–water partition coefficient (Wildman–Crippen LogP) is -1.39. The van der Waals surface area contributed by atoms with E-state index in [4.69, 9.17) is 23.4 Å². The Morgan fingerprint density at radius 1 is 0.762 bits per heavy atom. The third-order valence-corrected chi connectivity index (χ3v) is 7.18. The van der Waals surface area contributed by atoms with Gasteiger partial charge in [0.2, 0.25) is 17.5 Å². The van der Waals surface area contributed by atoms with Crippen LogP contribution in [0.2, 0.25) is 0 Å². The Morgan fingerprint density at radius 3 is 2.10 bits per heavy atom. The molecule has 2 fully saturated rings. The van der Waals surface area contributed by atoms with Crippen molar-refractivity contribution < 1.29 is 69.3 Å². The largest absolute Gasteiger partial charge is 0.508 e. The number of rotatable bonds is 6. The summed E-state index contributed by atoms with van der Waals surface area (Å²) in [7, 11) is 0. The Morgan fingerprint density at radius 2 is 1.40 bits per heavy atom. The number of phenols is 3. The molecule has 2 saturated heterocycles. The minimum absolute atomic E-state index is 0.103. The van der Waals surface area contributed by atoms with Crippen LogP contribution in [0, 0.1) is 0 Å². The monoisotopic (exact) mass is 594 g/mol. The Balaban J connectivity index is 1.46. The quantitative estimate of drug-likeness (QED) is 0.159. The molecule has 42 heavy (non-hydrogen) atoms. The summed E-state index contributed by atoms with van der Waals surface area (Å²) >= 11 is 0. The summed E-state index contributed by atoms with van der Waals surface area (Å²) in [4.78, 5) is 13.5. The second-order valence-electron chi connectivity index (χ2n) is 10.1. The maximum absolute atomic E-state index is 13.5. The Kier molecular flexibility index (Phi) is 8.30. The molecular weight excluding hydrogens is 564 g/mol. The van der Waals surface area contributed by atoms with E-state index in [-0.39, 0.29) is 28.0 Å². The van der Waals surface area contributed by atoms with Crippen LogP contribution in [0.5, 0.6) is 23.0 Å². The standard InChI is InChI=1S/C27H30O15/c1-9-17(31)20(34)22(36)26(39-9)38-8-15-18(32)21(35)23(37)27(41-15)42-25-19(33)16-13(30)6-12(29)7-14(16)40-24(25)10-2-4-11(28)5-3-10/h2-7,9,15,17-18,20-23,26-32,34-37H,8H2,1H3/t9-,15-,17-,18+,20+,21+,22+,23-,26+,27+/m0/s1. The molecule has 1 aromatic heterocycles. The van der Waals surface area contributed by atoms with Crippen LogP contribution in [-0.4, -0.2) is 114 Å². The number of aromatic hydroxyl groups is 3. The molecule has 0 aliphatic carbocycles. The number of benzene rings is 2. The van der Waals surface area contributed by atoms with Gasteiger partial charge in [-0.05, 0) is 31.2 Å². The fourth-order valence-electron chi connectivity index (χ4n) is 4.79. The molecule has 3 aromatic rings. The summed E-state index contributed by atoms with van der Waals surface area (Å²) in [5.41, 5.74) is -0.956. The summed E-state index contributed by atoms with van der Waals surface area (Å²) in [5, 5.41) is 91.4.